The van der Waals surface area contributed by atoms with Crippen LogP contribution in [0.25, 0.3) is 0 Å². The molecular formula is C26H34N4O4S. The van der Waals surface area contributed by atoms with Crippen molar-refractivity contribution < 1.29 is 18.3 Å². The van der Waals surface area contributed by atoms with Crippen molar-refractivity contribution in [2.24, 2.45) is 0 Å². The van der Waals surface area contributed by atoms with Crippen molar-refractivity contribution in [2.75, 3.05) is 63.5 Å². The number of rotatable bonds is 6. The van der Waals surface area contributed by atoms with Gasteiger partial charge in [0.05, 0.1) is 12.4 Å². The minimum atomic E-state index is -3.16. The summed E-state index contributed by atoms with van der Waals surface area (Å²) in [6, 6.07) is 14.4. The first kappa shape index (κ1) is 24.2. The van der Waals surface area contributed by atoms with E-state index >= 15 is 0 Å². The quantitative estimate of drug-likeness (QED) is 0.644. The molecule has 0 aliphatic carbocycles. The number of nitrogens with zero attached hydrogens (tertiary/aromatic N) is 4. The summed E-state index contributed by atoms with van der Waals surface area (Å²) in [5, 5.41) is 10.8. The van der Waals surface area contributed by atoms with Crippen LogP contribution in [-0.2, 0) is 29.4 Å². The molecule has 1 N–H and O–H groups in total. The summed E-state index contributed by atoms with van der Waals surface area (Å²) in [4.78, 5) is 19.4. The molecule has 188 valence electrons. The Bertz CT molecular complexity index is 1190. The van der Waals surface area contributed by atoms with Gasteiger partial charge >= 0.3 is 0 Å². The predicted octanol–water partition coefficient (Wildman–Crippen LogP) is 1.19. The van der Waals surface area contributed by atoms with Crippen molar-refractivity contribution in [1.82, 2.24) is 14.1 Å². The largest absolute Gasteiger partial charge is 0.390 e. The Morgan fingerprint density at radius 1 is 0.886 bits per heavy atom. The molecule has 1 fully saturated rings. The summed E-state index contributed by atoms with van der Waals surface area (Å²) < 4.78 is 25.1. The number of carbonyl (C=O) groups excluding carboxylic acids is 1. The van der Waals surface area contributed by atoms with Gasteiger partial charge in [-0.2, -0.15) is 4.31 Å². The smallest absolute Gasteiger partial charge is 0.254 e. The number of β-amino-alcohol motifs (C(OH)–C–C–N with tert-alkyl or cyclic N) is 1. The summed E-state index contributed by atoms with van der Waals surface area (Å²) in [5.74, 6) is -0.0252. The van der Waals surface area contributed by atoms with Crippen molar-refractivity contribution in [3.63, 3.8) is 0 Å². The molecule has 8 nitrogen and oxygen atoms in total. The summed E-state index contributed by atoms with van der Waals surface area (Å²) in [6.07, 6.45) is 2.41. The minimum absolute atomic E-state index is 0.0252. The second-order valence-electron chi connectivity index (χ2n) is 9.90. The third kappa shape index (κ3) is 5.38. The van der Waals surface area contributed by atoms with E-state index in [9.17, 15) is 18.3 Å². The molecule has 0 radical (unpaired) electrons. The van der Waals surface area contributed by atoms with E-state index in [1.54, 1.807) is 4.90 Å². The van der Waals surface area contributed by atoms with Gasteiger partial charge in [0.1, 0.15) is 0 Å². The molecule has 0 spiro atoms. The summed E-state index contributed by atoms with van der Waals surface area (Å²) >= 11 is 0. The lowest BCUT2D eigenvalue weighted by molar-refractivity contribution is 0.0493. The highest BCUT2D eigenvalue weighted by molar-refractivity contribution is 7.88. The molecule has 1 saturated heterocycles. The van der Waals surface area contributed by atoms with Crippen LogP contribution in [0.3, 0.4) is 0 Å². The van der Waals surface area contributed by atoms with Crippen LogP contribution < -0.4 is 4.90 Å². The molecule has 35 heavy (non-hydrogen) atoms. The van der Waals surface area contributed by atoms with E-state index in [0.717, 1.165) is 37.2 Å². The topological polar surface area (TPSA) is 84.4 Å². The Hall–Kier alpha value is -2.46. The van der Waals surface area contributed by atoms with Gasteiger partial charge in [-0.05, 0) is 47.7 Å². The van der Waals surface area contributed by atoms with E-state index in [1.165, 1.54) is 21.7 Å². The molecule has 9 heteroatoms. The Morgan fingerprint density at radius 3 is 2.34 bits per heavy atom. The fourth-order valence-electron chi connectivity index (χ4n) is 5.49. The highest BCUT2D eigenvalue weighted by atomic mass is 32.2. The van der Waals surface area contributed by atoms with Crippen molar-refractivity contribution in [3.8, 4) is 0 Å². The maximum Gasteiger partial charge on any atom is 0.254 e. The molecule has 2 aromatic rings. The van der Waals surface area contributed by atoms with Crippen LogP contribution in [0.4, 0.5) is 5.69 Å². The van der Waals surface area contributed by atoms with Crippen LogP contribution in [0.1, 0.15) is 27.0 Å². The molecule has 1 unspecified atom stereocenters. The van der Waals surface area contributed by atoms with Gasteiger partial charge in [-0.15, -0.1) is 0 Å². The maximum atomic E-state index is 13.2. The van der Waals surface area contributed by atoms with Crippen LogP contribution in [0.5, 0.6) is 0 Å². The Morgan fingerprint density at radius 2 is 1.60 bits per heavy atom. The zero-order valence-corrected chi connectivity index (χ0v) is 21.1. The molecule has 3 aliphatic heterocycles. The second-order valence-corrected chi connectivity index (χ2v) is 11.9. The third-order valence-electron chi connectivity index (χ3n) is 7.44. The molecule has 0 saturated carbocycles. The fourth-order valence-corrected chi connectivity index (χ4v) is 6.32. The van der Waals surface area contributed by atoms with Gasteiger partial charge in [-0.25, -0.2) is 8.42 Å². The maximum absolute atomic E-state index is 13.2. The van der Waals surface area contributed by atoms with Crippen LogP contribution in [0.15, 0.2) is 42.5 Å². The first-order valence-corrected chi connectivity index (χ1v) is 14.2. The van der Waals surface area contributed by atoms with Gasteiger partial charge in [0, 0.05) is 70.2 Å². The van der Waals surface area contributed by atoms with Gasteiger partial charge < -0.3 is 14.9 Å². The number of amides is 1. The molecule has 2 aromatic carbocycles. The average Bonchev–Trinajstić information content (AvgIpc) is 2.85. The standard InChI is InChI=1S/C26H34N4O4S/c1-35(33,34)30-14-12-28(13-15-30)23-6-7-25-21(16-23)9-11-29(26(25)32)19-24(31)18-27-10-8-20-4-2-3-5-22(20)17-27/h2-7,16,24,31H,8-15,17-19H2,1H3. The SMILES string of the molecule is CS(=O)(=O)N1CCN(c2ccc3c(c2)CCN(CC(O)CN2CCc4ccccc4C2)C3=O)CC1. The van der Waals surface area contributed by atoms with E-state index in [-0.39, 0.29) is 5.91 Å². The van der Waals surface area contributed by atoms with Crippen molar-refractivity contribution >= 4 is 21.6 Å². The number of piperazine rings is 1. The zero-order chi connectivity index (χ0) is 24.6. The predicted molar refractivity (Wildman–Crippen MR) is 136 cm³/mol. The van der Waals surface area contributed by atoms with E-state index in [2.05, 4.69) is 40.1 Å². The van der Waals surface area contributed by atoms with Gasteiger partial charge in [0.2, 0.25) is 10.0 Å². The Balaban J connectivity index is 1.17. The molecule has 1 amide bonds. The lowest BCUT2D eigenvalue weighted by atomic mass is 9.97. The van der Waals surface area contributed by atoms with Gasteiger partial charge in [-0.1, -0.05) is 24.3 Å². The highest BCUT2D eigenvalue weighted by Gasteiger charge is 2.29. The molecule has 1 atom stereocenters. The number of sulfonamides is 1. The number of anilines is 1. The third-order valence-corrected chi connectivity index (χ3v) is 8.74. The first-order chi connectivity index (χ1) is 16.8. The van der Waals surface area contributed by atoms with Gasteiger partial charge in [0.15, 0.2) is 0 Å². The van der Waals surface area contributed by atoms with Gasteiger partial charge in [0.25, 0.3) is 5.91 Å². The number of carbonyl (C=O) groups is 1. The van der Waals surface area contributed by atoms with E-state index < -0.39 is 16.1 Å². The monoisotopic (exact) mass is 498 g/mol. The Kier molecular flexibility index (Phi) is 6.85. The van der Waals surface area contributed by atoms with Gasteiger partial charge in [-0.3, -0.25) is 9.69 Å². The normalized spacial score (nSPS) is 20.5. The lowest BCUT2D eigenvalue weighted by Gasteiger charge is -2.36. The number of fused-ring (bicyclic) bond motifs is 2. The van der Waals surface area contributed by atoms with E-state index in [0.29, 0.717) is 51.4 Å². The number of aliphatic hydroxyl groups is 1. The summed E-state index contributed by atoms with van der Waals surface area (Å²) in [6.45, 7) is 5.48. The van der Waals surface area contributed by atoms with Crippen molar-refractivity contribution in [1.29, 1.82) is 0 Å². The number of hydrogen-bond acceptors (Lipinski definition) is 6. The zero-order valence-electron chi connectivity index (χ0n) is 20.3. The lowest BCUT2D eigenvalue weighted by Crippen LogP contribution is -2.48. The van der Waals surface area contributed by atoms with Crippen LogP contribution in [0, 0.1) is 0 Å². The number of benzene rings is 2. The minimum Gasteiger partial charge on any atom is -0.390 e. The second kappa shape index (κ2) is 9.89. The van der Waals surface area contributed by atoms with Crippen molar-refractivity contribution in [3.05, 3.63) is 64.7 Å². The van der Waals surface area contributed by atoms with Crippen LogP contribution in [0.2, 0.25) is 0 Å². The highest BCUT2D eigenvalue weighted by Crippen LogP contribution is 2.26. The number of aliphatic hydroxyl groups excluding tert-OH is 1. The van der Waals surface area contributed by atoms with E-state index in [4.69, 9.17) is 0 Å². The molecular weight excluding hydrogens is 464 g/mol. The molecule has 5 rings (SSSR count). The average molecular weight is 499 g/mol. The van der Waals surface area contributed by atoms with Crippen LogP contribution in [-0.4, -0.2) is 98.3 Å². The fraction of sp³-hybridized carbons (Fsp3) is 0.500. The molecule has 0 aromatic heterocycles. The molecule has 0 bridgehead atoms. The van der Waals surface area contributed by atoms with E-state index in [1.807, 2.05) is 12.1 Å². The Labute approximate surface area is 207 Å². The number of hydrogen-bond donors (Lipinski definition) is 1. The molecule has 3 heterocycles. The first-order valence-electron chi connectivity index (χ1n) is 12.4. The summed E-state index contributed by atoms with van der Waals surface area (Å²) in [5.41, 5.74) is 5.47. The van der Waals surface area contributed by atoms with Crippen LogP contribution >= 0.6 is 0 Å². The summed E-state index contributed by atoms with van der Waals surface area (Å²) in [7, 11) is -3.16. The molecule has 3 aliphatic rings. The van der Waals surface area contributed by atoms with Crippen molar-refractivity contribution in [2.45, 2.75) is 25.5 Å².